The van der Waals surface area contributed by atoms with E-state index in [1.807, 2.05) is 0 Å². The lowest BCUT2D eigenvalue weighted by molar-refractivity contribution is 0.154. The van der Waals surface area contributed by atoms with Gasteiger partial charge < -0.3 is 5.32 Å². The van der Waals surface area contributed by atoms with E-state index in [1.165, 1.54) is 44.5 Å². The predicted octanol–water partition coefficient (Wildman–Crippen LogP) is 3.41. The molecule has 1 fully saturated rings. The Morgan fingerprint density at radius 2 is 1.89 bits per heavy atom. The SMILES string of the molecule is CCCN(Cc1ccc(Br)cc1)C1CCNCC1. The van der Waals surface area contributed by atoms with Crippen molar-refractivity contribution in [1.29, 1.82) is 0 Å². The summed E-state index contributed by atoms with van der Waals surface area (Å²) in [4.78, 5) is 2.66. The molecule has 1 aromatic carbocycles. The Bertz CT molecular complexity index is 344. The minimum absolute atomic E-state index is 0.759. The molecule has 1 aromatic rings. The molecule has 0 radical (unpaired) electrons. The molecule has 0 saturated carbocycles. The molecule has 1 heterocycles. The number of rotatable bonds is 5. The van der Waals surface area contributed by atoms with Crippen molar-refractivity contribution in [3.63, 3.8) is 0 Å². The van der Waals surface area contributed by atoms with Gasteiger partial charge in [-0.25, -0.2) is 0 Å². The largest absolute Gasteiger partial charge is 0.317 e. The molecular weight excluding hydrogens is 288 g/mol. The molecule has 1 N–H and O–H groups in total. The molecule has 1 aliphatic heterocycles. The van der Waals surface area contributed by atoms with Crippen molar-refractivity contribution in [2.45, 2.75) is 38.8 Å². The van der Waals surface area contributed by atoms with Crippen molar-refractivity contribution in [1.82, 2.24) is 10.2 Å². The van der Waals surface area contributed by atoms with Crippen molar-refractivity contribution in [2.75, 3.05) is 19.6 Å². The third-order valence-corrected chi connectivity index (χ3v) is 4.16. The molecule has 0 aliphatic carbocycles. The molecule has 0 amide bonds. The molecule has 1 saturated heterocycles. The molecule has 0 bridgehead atoms. The van der Waals surface area contributed by atoms with Crippen LogP contribution in [0.25, 0.3) is 0 Å². The van der Waals surface area contributed by atoms with Crippen LogP contribution in [0.15, 0.2) is 28.7 Å². The van der Waals surface area contributed by atoms with Crippen LogP contribution in [0.5, 0.6) is 0 Å². The van der Waals surface area contributed by atoms with Crippen LogP contribution in [0.4, 0.5) is 0 Å². The van der Waals surface area contributed by atoms with Gasteiger partial charge in [-0.2, -0.15) is 0 Å². The first-order chi connectivity index (χ1) is 8.79. The lowest BCUT2D eigenvalue weighted by Crippen LogP contribution is -2.43. The zero-order valence-electron chi connectivity index (χ0n) is 11.2. The van der Waals surface area contributed by atoms with Crippen molar-refractivity contribution in [2.24, 2.45) is 0 Å². The third-order valence-electron chi connectivity index (χ3n) is 3.63. The summed E-state index contributed by atoms with van der Waals surface area (Å²) in [7, 11) is 0. The number of nitrogens with zero attached hydrogens (tertiary/aromatic N) is 1. The van der Waals surface area contributed by atoms with E-state index in [0.717, 1.165) is 17.1 Å². The van der Waals surface area contributed by atoms with Gasteiger partial charge in [-0.05, 0) is 56.6 Å². The number of benzene rings is 1. The molecule has 100 valence electrons. The van der Waals surface area contributed by atoms with Crippen LogP contribution in [0, 0.1) is 0 Å². The molecule has 0 spiro atoms. The molecule has 18 heavy (non-hydrogen) atoms. The van der Waals surface area contributed by atoms with Crippen molar-refractivity contribution in [3.8, 4) is 0 Å². The Kier molecular flexibility index (Phi) is 5.67. The Morgan fingerprint density at radius 3 is 2.50 bits per heavy atom. The Hall–Kier alpha value is -0.380. The van der Waals surface area contributed by atoms with E-state index in [4.69, 9.17) is 0 Å². The maximum absolute atomic E-state index is 3.50. The van der Waals surface area contributed by atoms with Gasteiger partial charge in [0.2, 0.25) is 0 Å². The second-order valence-electron chi connectivity index (χ2n) is 5.08. The van der Waals surface area contributed by atoms with Crippen LogP contribution in [-0.2, 0) is 6.54 Å². The summed E-state index contributed by atoms with van der Waals surface area (Å²) < 4.78 is 1.16. The van der Waals surface area contributed by atoms with Gasteiger partial charge in [-0.3, -0.25) is 4.90 Å². The molecule has 2 nitrogen and oxygen atoms in total. The fraction of sp³-hybridized carbons (Fsp3) is 0.600. The van der Waals surface area contributed by atoms with E-state index in [0.29, 0.717) is 0 Å². The zero-order valence-corrected chi connectivity index (χ0v) is 12.7. The maximum atomic E-state index is 3.50. The molecular formula is C15H23BrN2. The first-order valence-electron chi connectivity index (χ1n) is 6.99. The van der Waals surface area contributed by atoms with Gasteiger partial charge in [-0.15, -0.1) is 0 Å². The Labute approximate surface area is 119 Å². The Balaban J connectivity index is 1.98. The lowest BCUT2D eigenvalue weighted by Gasteiger charge is -2.34. The van der Waals surface area contributed by atoms with Gasteiger partial charge in [0.1, 0.15) is 0 Å². The summed E-state index contributed by atoms with van der Waals surface area (Å²) >= 11 is 3.50. The van der Waals surface area contributed by atoms with Gasteiger partial charge in [-0.1, -0.05) is 35.0 Å². The van der Waals surface area contributed by atoms with Crippen LogP contribution >= 0.6 is 15.9 Å². The standard InChI is InChI=1S/C15H23BrN2/c1-2-11-18(15-7-9-17-10-8-15)12-13-3-5-14(16)6-4-13/h3-6,15,17H,2,7-12H2,1H3. The normalized spacial score (nSPS) is 17.3. The van der Waals surface area contributed by atoms with Gasteiger partial charge in [0.15, 0.2) is 0 Å². The van der Waals surface area contributed by atoms with E-state index in [2.05, 4.69) is 57.3 Å². The highest BCUT2D eigenvalue weighted by atomic mass is 79.9. The van der Waals surface area contributed by atoms with Crippen LogP contribution < -0.4 is 5.32 Å². The molecule has 0 unspecified atom stereocenters. The summed E-state index contributed by atoms with van der Waals surface area (Å²) in [6.45, 7) is 6.92. The highest BCUT2D eigenvalue weighted by Crippen LogP contribution is 2.17. The lowest BCUT2D eigenvalue weighted by atomic mass is 10.0. The molecule has 3 heteroatoms. The van der Waals surface area contributed by atoms with Crippen LogP contribution in [-0.4, -0.2) is 30.6 Å². The summed E-state index contributed by atoms with van der Waals surface area (Å²) in [6.07, 6.45) is 3.81. The highest BCUT2D eigenvalue weighted by molar-refractivity contribution is 9.10. The van der Waals surface area contributed by atoms with Crippen molar-refractivity contribution in [3.05, 3.63) is 34.3 Å². The van der Waals surface area contributed by atoms with Crippen LogP contribution in [0.3, 0.4) is 0 Å². The van der Waals surface area contributed by atoms with Gasteiger partial charge in [0.05, 0.1) is 0 Å². The van der Waals surface area contributed by atoms with Crippen LogP contribution in [0.1, 0.15) is 31.7 Å². The molecule has 2 rings (SSSR count). The van der Waals surface area contributed by atoms with Gasteiger partial charge >= 0.3 is 0 Å². The highest BCUT2D eigenvalue weighted by Gasteiger charge is 2.20. The summed E-state index contributed by atoms with van der Waals surface area (Å²) in [5.74, 6) is 0. The average molecular weight is 311 g/mol. The number of nitrogens with one attached hydrogen (secondary N) is 1. The molecule has 0 atom stereocenters. The van der Waals surface area contributed by atoms with Gasteiger partial charge in [0.25, 0.3) is 0 Å². The number of piperidine rings is 1. The number of halogens is 1. The Morgan fingerprint density at radius 1 is 1.22 bits per heavy atom. The van der Waals surface area contributed by atoms with Crippen molar-refractivity contribution < 1.29 is 0 Å². The molecule has 1 aliphatic rings. The number of hydrogen-bond donors (Lipinski definition) is 1. The predicted molar refractivity (Wildman–Crippen MR) is 80.7 cm³/mol. The first-order valence-corrected chi connectivity index (χ1v) is 7.78. The first kappa shape index (κ1) is 14.0. The average Bonchev–Trinajstić information content (AvgIpc) is 2.42. The van der Waals surface area contributed by atoms with E-state index in [1.54, 1.807) is 0 Å². The summed E-state index contributed by atoms with van der Waals surface area (Å²) in [5.41, 5.74) is 1.42. The monoisotopic (exact) mass is 310 g/mol. The quantitative estimate of drug-likeness (QED) is 0.896. The minimum atomic E-state index is 0.759. The smallest absolute Gasteiger partial charge is 0.0236 e. The number of hydrogen-bond acceptors (Lipinski definition) is 2. The van der Waals surface area contributed by atoms with Gasteiger partial charge in [0, 0.05) is 17.1 Å². The van der Waals surface area contributed by atoms with E-state index < -0.39 is 0 Å². The maximum Gasteiger partial charge on any atom is 0.0236 e. The third kappa shape index (κ3) is 4.08. The second kappa shape index (κ2) is 7.27. The summed E-state index contributed by atoms with van der Waals surface area (Å²) in [6, 6.07) is 9.50. The van der Waals surface area contributed by atoms with E-state index in [9.17, 15) is 0 Å². The zero-order chi connectivity index (χ0) is 12.8. The summed E-state index contributed by atoms with van der Waals surface area (Å²) in [5, 5.41) is 3.45. The molecule has 0 aromatic heterocycles. The van der Waals surface area contributed by atoms with E-state index in [-0.39, 0.29) is 0 Å². The fourth-order valence-electron chi connectivity index (χ4n) is 2.67. The second-order valence-corrected chi connectivity index (χ2v) is 5.99. The topological polar surface area (TPSA) is 15.3 Å². The van der Waals surface area contributed by atoms with E-state index >= 15 is 0 Å². The van der Waals surface area contributed by atoms with Crippen molar-refractivity contribution >= 4 is 15.9 Å². The fourth-order valence-corrected chi connectivity index (χ4v) is 2.94. The van der Waals surface area contributed by atoms with Crippen LogP contribution in [0.2, 0.25) is 0 Å². The minimum Gasteiger partial charge on any atom is -0.317 e.